The van der Waals surface area contributed by atoms with E-state index in [1.165, 1.54) is 0 Å². The molecule has 0 unspecified atom stereocenters. The molecule has 76 valence electrons. The lowest BCUT2D eigenvalue weighted by Gasteiger charge is -2.04. The van der Waals surface area contributed by atoms with Crippen LogP contribution in [0.5, 0.6) is 0 Å². The molecule has 0 aliphatic rings. The molecule has 4 nitrogen and oxygen atoms in total. The van der Waals surface area contributed by atoms with Crippen LogP contribution in [0, 0.1) is 0 Å². The minimum absolute atomic E-state index is 0. The van der Waals surface area contributed by atoms with Gasteiger partial charge in [-0.2, -0.15) is 0 Å². The van der Waals surface area contributed by atoms with Gasteiger partial charge in [-0.3, -0.25) is 4.40 Å². The minimum atomic E-state index is 0. The number of anilines is 1. The molecule has 0 amide bonds. The molecule has 0 aliphatic heterocycles. The van der Waals surface area contributed by atoms with Crippen molar-refractivity contribution in [3.05, 3.63) is 18.5 Å². The van der Waals surface area contributed by atoms with Gasteiger partial charge in [0.1, 0.15) is 11.5 Å². The molecular weight excluding hydrogens is 220 g/mol. The second-order valence-corrected chi connectivity index (χ2v) is 3.31. The smallest absolute Gasteiger partial charge is 0.175 e. The van der Waals surface area contributed by atoms with Crippen LogP contribution in [-0.4, -0.2) is 27.7 Å². The number of imidazole rings is 1. The van der Waals surface area contributed by atoms with Crippen LogP contribution in [0.25, 0.3) is 5.65 Å². The van der Waals surface area contributed by atoms with E-state index in [1.54, 1.807) is 18.0 Å². The summed E-state index contributed by atoms with van der Waals surface area (Å²) in [5.74, 6) is 0.850. The molecule has 1 N–H and O–H groups in total. The van der Waals surface area contributed by atoms with E-state index in [0.717, 1.165) is 16.6 Å². The number of nitrogens with zero attached hydrogens (tertiary/aromatic N) is 3. The molecule has 0 radical (unpaired) electrons. The Labute approximate surface area is 92.5 Å². The van der Waals surface area contributed by atoms with Crippen LogP contribution < -0.4 is 5.32 Å². The first kappa shape index (κ1) is 11.1. The van der Waals surface area contributed by atoms with Crippen molar-refractivity contribution in [1.29, 1.82) is 0 Å². The van der Waals surface area contributed by atoms with Gasteiger partial charge >= 0.3 is 0 Å². The molecule has 2 rings (SSSR count). The third-order valence-electron chi connectivity index (χ3n) is 1.80. The molecule has 0 saturated heterocycles. The van der Waals surface area contributed by atoms with Gasteiger partial charge in [-0.15, -0.1) is 12.4 Å². The Balaban J connectivity index is 0.000000980. The summed E-state index contributed by atoms with van der Waals surface area (Å²) in [5.41, 5.74) is 0.920. The Hall–Kier alpha value is -0.940. The zero-order valence-electron chi connectivity index (χ0n) is 7.89. The van der Waals surface area contributed by atoms with Gasteiger partial charge in [0.15, 0.2) is 5.16 Å². The lowest BCUT2D eigenvalue weighted by atomic mass is 10.5. The third kappa shape index (κ3) is 1.78. The van der Waals surface area contributed by atoms with Crippen LogP contribution in [0.1, 0.15) is 0 Å². The largest absolute Gasteiger partial charge is 0.373 e. The van der Waals surface area contributed by atoms with Gasteiger partial charge in [0.05, 0.1) is 0 Å². The highest BCUT2D eigenvalue weighted by Crippen LogP contribution is 2.17. The number of thioether (sulfide) groups is 1. The summed E-state index contributed by atoms with van der Waals surface area (Å²) in [7, 11) is 1.85. The molecule has 0 spiro atoms. The fourth-order valence-electron chi connectivity index (χ4n) is 1.17. The topological polar surface area (TPSA) is 42.2 Å². The summed E-state index contributed by atoms with van der Waals surface area (Å²) in [6.45, 7) is 0. The molecule has 2 aromatic rings. The third-order valence-corrected chi connectivity index (χ3v) is 2.45. The van der Waals surface area contributed by atoms with Gasteiger partial charge in [-0.25, -0.2) is 9.97 Å². The Morgan fingerprint density at radius 1 is 1.50 bits per heavy atom. The lowest BCUT2D eigenvalue weighted by molar-refractivity contribution is 0.908. The number of nitrogens with one attached hydrogen (secondary N) is 1. The van der Waals surface area contributed by atoms with Crippen molar-refractivity contribution in [3.8, 4) is 0 Å². The molecule has 0 aromatic carbocycles. The van der Waals surface area contributed by atoms with Crippen molar-refractivity contribution in [3.63, 3.8) is 0 Å². The first-order chi connectivity index (χ1) is 6.35. The summed E-state index contributed by atoms with van der Waals surface area (Å²) in [6, 6.07) is 1.92. The van der Waals surface area contributed by atoms with Crippen molar-refractivity contribution in [1.82, 2.24) is 14.4 Å². The number of hydrogen-bond donors (Lipinski definition) is 1. The molecule has 0 saturated carbocycles. The van der Waals surface area contributed by atoms with Crippen LogP contribution in [0.15, 0.2) is 23.6 Å². The molecule has 2 aromatic heterocycles. The predicted molar refractivity (Wildman–Crippen MR) is 61.6 cm³/mol. The van der Waals surface area contributed by atoms with E-state index in [1.807, 2.05) is 30.0 Å². The average molecular weight is 231 g/mol. The van der Waals surface area contributed by atoms with Gasteiger partial charge in [-0.1, -0.05) is 11.8 Å². The highest BCUT2D eigenvalue weighted by atomic mass is 35.5. The second kappa shape index (κ2) is 4.52. The maximum atomic E-state index is 4.38. The normalized spacial score (nSPS) is 9.86. The number of hydrogen-bond acceptors (Lipinski definition) is 4. The van der Waals surface area contributed by atoms with E-state index < -0.39 is 0 Å². The van der Waals surface area contributed by atoms with Crippen LogP contribution in [0.2, 0.25) is 0 Å². The zero-order chi connectivity index (χ0) is 9.26. The highest BCUT2D eigenvalue weighted by Gasteiger charge is 2.03. The maximum absolute atomic E-state index is 4.38. The van der Waals surface area contributed by atoms with Gasteiger partial charge in [0, 0.05) is 25.5 Å². The summed E-state index contributed by atoms with van der Waals surface area (Å²) >= 11 is 1.60. The highest BCUT2D eigenvalue weighted by molar-refractivity contribution is 7.98. The number of halogens is 1. The van der Waals surface area contributed by atoms with Crippen LogP contribution in [0.3, 0.4) is 0 Å². The van der Waals surface area contributed by atoms with Gasteiger partial charge < -0.3 is 5.32 Å². The van der Waals surface area contributed by atoms with Gasteiger partial charge in [0.2, 0.25) is 0 Å². The van der Waals surface area contributed by atoms with E-state index >= 15 is 0 Å². The summed E-state index contributed by atoms with van der Waals surface area (Å²) in [4.78, 5) is 8.59. The Morgan fingerprint density at radius 3 is 2.93 bits per heavy atom. The molecule has 14 heavy (non-hydrogen) atoms. The standard InChI is InChI=1S/C8H10N4S.ClH/c1-9-6-5-7-10-3-4-12(7)8(11-6)13-2;/h3-5,9H,1-2H3;1H. The number of aromatic nitrogens is 3. The summed E-state index contributed by atoms with van der Waals surface area (Å²) in [5, 5.41) is 3.95. The minimum Gasteiger partial charge on any atom is -0.373 e. The molecule has 0 aliphatic carbocycles. The monoisotopic (exact) mass is 230 g/mol. The fourth-order valence-corrected chi connectivity index (χ4v) is 1.71. The SMILES string of the molecule is CNc1cc2nccn2c(SC)n1.Cl. The van der Waals surface area contributed by atoms with Gasteiger partial charge in [0.25, 0.3) is 0 Å². The maximum Gasteiger partial charge on any atom is 0.175 e. The first-order valence-electron chi connectivity index (χ1n) is 3.91. The van der Waals surface area contributed by atoms with Crippen molar-refractivity contribution >= 4 is 35.6 Å². The fraction of sp³-hybridized carbons (Fsp3) is 0.250. The average Bonchev–Trinajstić information content (AvgIpc) is 2.63. The van der Waals surface area contributed by atoms with E-state index in [9.17, 15) is 0 Å². The molecule has 0 bridgehead atoms. The quantitative estimate of drug-likeness (QED) is 0.632. The van der Waals surface area contributed by atoms with Crippen molar-refractivity contribution in [2.24, 2.45) is 0 Å². The predicted octanol–water partition coefficient (Wildman–Crippen LogP) is 1.91. The summed E-state index contributed by atoms with van der Waals surface area (Å²) in [6.07, 6.45) is 5.69. The van der Waals surface area contributed by atoms with E-state index in [-0.39, 0.29) is 12.4 Å². The summed E-state index contributed by atoms with van der Waals surface area (Å²) < 4.78 is 1.96. The van der Waals surface area contributed by atoms with Crippen LogP contribution in [0.4, 0.5) is 5.82 Å². The number of rotatable bonds is 2. The molecule has 6 heteroatoms. The van der Waals surface area contributed by atoms with Crippen molar-refractivity contribution in [2.75, 3.05) is 18.6 Å². The molecular formula is C8H11ClN4S. The Bertz CT molecular complexity index is 428. The second-order valence-electron chi connectivity index (χ2n) is 2.53. The lowest BCUT2D eigenvalue weighted by Crippen LogP contribution is -1.98. The Kier molecular flexibility index (Phi) is 3.60. The van der Waals surface area contributed by atoms with E-state index in [2.05, 4.69) is 15.3 Å². The van der Waals surface area contributed by atoms with Crippen LogP contribution >= 0.6 is 24.2 Å². The van der Waals surface area contributed by atoms with Crippen LogP contribution in [-0.2, 0) is 0 Å². The first-order valence-corrected chi connectivity index (χ1v) is 5.13. The zero-order valence-corrected chi connectivity index (χ0v) is 9.52. The molecule has 0 fully saturated rings. The molecule has 0 atom stereocenters. The Morgan fingerprint density at radius 2 is 2.29 bits per heavy atom. The van der Waals surface area contributed by atoms with Gasteiger partial charge in [-0.05, 0) is 6.26 Å². The number of fused-ring (bicyclic) bond motifs is 1. The molecule has 2 heterocycles. The van der Waals surface area contributed by atoms with Crippen molar-refractivity contribution < 1.29 is 0 Å². The van der Waals surface area contributed by atoms with E-state index in [4.69, 9.17) is 0 Å². The van der Waals surface area contributed by atoms with E-state index in [0.29, 0.717) is 0 Å². The van der Waals surface area contributed by atoms with Crippen molar-refractivity contribution in [2.45, 2.75) is 5.16 Å².